The van der Waals surface area contributed by atoms with Crippen LogP contribution in [0.2, 0.25) is 0 Å². The van der Waals surface area contributed by atoms with Crippen molar-refractivity contribution in [3.63, 3.8) is 0 Å². The van der Waals surface area contributed by atoms with Crippen LogP contribution in [0.25, 0.3) is 0 Å². The van der Waals surface area contributed by atoms with Crippen molar-refractivity contribution in [2.75, 3.05) is 11.5 Å². The molecule has 0 aromatic rings. The van der Waals surface area contributed by atoms with Crippen molar-refractivity contribution in [3.05, 3.63) is 0 Å². The maximum absolute atomic E-state index is 6.29. The normalized spacial score (nSPS) is 17.6. The summed E-state index contributed by atoms with van der Waals surface area (Å²) in [6, 6.07) is 0. The molecule has 0 saturated carbocycles. The van der Waals surface area contributed by atoms with Gasteiger partial charge in [0.25, 0.3) is 0 Å². The molecule has 15 heavy (non-hydrogen) atoms. The molecule has 0 aromatic heterocycles. The number of alkyl halides is 2. The summed E-state index contributed by atoms with van der Waals surface area (Å²) >= 11 is 14.4. The van der Waals surface area contributed by atoms with Gasteiger partial charge in [-0.3, -0.25) is 0 Å². The lowest BCUT2D eigenvalue weighted by Crippen LogP contribution is -2.26. The molecule has 0 bridgehead atoms. The van der Waals surface area contributed by atoms with E-state index in [2.05, 4.69) is 41.5 Å². The van der Waals surface area contributed by atoms with Crippen LogP contribution in [0.1, 0.15) is 41.5 Å². The van der Waals surface area contributed by atoms with E-state index in [0.717, 1.165) is 11.5 Å². The largest absolute Gasteiger partial charge is 0.159 e. The molecule has 3 heteroatoms. The zero-order valence-electron chi connectivity index (χ0n) is 10.7. The summed E-state index contributed by atoms with van der Waals surface area (Å²) in [5.74, 6) is 1.95. The Morgan fingerprint density at radius 3 is 1.27 bits per heavy atom. The molecule has 0 saturated heterocycles. The van der Waals surface area contributed by atoms with Crippen LogP contribution in [0.5, 0.6) is 0 Å². The molecule has 0 amide bonds. The van der Waals surface area contributed by atoms with E-state index in [-0.39, 0.29) is 21.6 Å². The molecular formula is C12H24Cl2S. The minimum atomic E-state index is 0.179. The molecule has 0 heterocycles. The van der Waals surface area contributed by atoms with E-state index in [1.807, 2.05) is 11.8 Å². The summed E-state index contributed by atoms with van der Waals surface area (Å²) in [4.78, 5) is 0. The predicted molar refractivity (Wildman–Crippen MR) is 75.5 cm³/mol. The zero-order valence-corrected chi connectivity index (χ0v) is 13.1. The van der Waals surface area contributed by atoms with Crippen molar-refractivity contribution in [1.29, 1.82) is 0 Å². The van der Waals surface area contributed by atoms with Crippen molar-refractivity contribution in [1.82, 2.24) is 0 Å². The Hall–Kier alpha value is 0.930. The fourth-order valence-electron chi connectivity index (χ4n) is 0.775. The van der Waals surface area contributed by atoms with Crippen LogP contribution in [-0.2, 0) is 0 Å². The summed E-state index contributed by atoms with van der Waals surface area (Å²) in [6.45, 7) is 13.0. The molecule has 2 unspecified atom stereocenters. The third-order valence-corrected chi connectivity index (χ3v) is 5.53. The summed E-state index contributed by atoms with van der Waals surface area (Å²) in [5, 5.41) is 0.428. The van der Waals surface area contributed by atoms with Crippen LogP contribution in [0.15, 0.2) is 0 Å². The molecule has 0 aromatic carbocycles. The third-order valence-electron chi connectivity index (χ3n) is 2.41. The van der Waals surface area contributed by atoms with Gasteiger partial charge in [0.15, 0.2) is 0 Å². The number of rotatable bonds is 4. The fourth-order valence-corrected chi connectivity index (χ4v) is 2.86. The van der Waals surface area contributed by atoms with Crippen LogP contribution < -0.4 is 0 Å². The molecule has 92 valence electrons. The molecule has 0 aliphatic heterocycles. The SMILES string of the molecule is CC(C)(C)C(Cl)CSCC(Cl)C(C)(C)C. The lowest BCUT2D eigenvalue weighted by atomic mass is 9.93. The first kappa shape index (κ1) is 15.9. The number of hydrogen-bond donors (Lipinski definition) is 0. The minimum absolute atomic E-state index is 0.179. The van der Waals surface area contributed by atoms with Gasteiger partial charge in [-0.1, -0.05) is 41.5 Å². The lowest BCUT2D eigenvalue weighted by molar-refractivity contribution is 0.404. The zero-order chi connectivity index (χ0) is 12.3. The van der Waals surface area contributed by atoms with Crippen LogP contribution in [0, 0.1) is 10.8 Å². The maximum atomic E-state index is 6.29. The van der Waals surface area contributed by atoms with E-state index < -0.39 is 0 Å². The summed E-state index contributed by atoms with van der Waals surface area (Å²) in [6.07, 6.45) is 0. The van der Waals surface area contributed by atoms with Gasteiger partial charge in [-0.05, 0) is 10.8 Å². The van der Waals surface area contributed by atoms with Gasteiger partial charge in [-0.15, -0.1) is 23.2 Å². The van der Waals surface area contributed by atoms with Crippen molar-refractivity contribution in [2.24, 2.45) is 10.8 Å². The summed E-state index contributed by atoms with van der Waals surface area (Å²) in [5.41, 5.74) is 0.357. The van der Waals surface area contributed by atoms with Gasteiger partial charge in [0.2, 0.25) is 0 Å². The maximum Gasteiger partial charge on any atom is 0.0474 e. The van der Waals surface area contributed by atoms with Crippen LogP contribution in [0.4, 0.5) is 0 Å². The topological polar surface area (TPSA) is 0 Å². The Morgan fingerprint density at radius 1 is 0.800 bits per heavy atom. The average molecular weight is 271 g/mol. The van der Waals surface area contributed by atoms with Crippen molar-refractivity contribution in [3.8, 4) is 0 Å². The van der Waals surface area contributed by atoms with E-state index in [4.69, 9.17) is 23.2 Å². The first-order chi connectivity index (χ1) is 6.55. The first-order valence-corrected chi connectivity index (χ1v) is 7.44. The number of halogens is 2. The van der Waals surface area contributed by atoms with Gasteiger partial charge < -0.3 is 0 Å². The highest BCUT2D eigenvalue weighted by Crippen LogP contribution is 2.31. The molecule has 2 atom stereocenters. The van der Waals surface area contributed by atoms with Crippen molar-refractivity contribution in [2.45, 2.75) is 52.3 Å². The van der Waals surface area contributed by atoms with Gasteiger partial charge in [-0.2, -0.15) is 11.8 Å². The number of thioether (sulfide) groups is 1. The quantitative estimate of drug-likeness (QED) is 0.646. The average Bonchev–Trinajstić information content (AvgIpc) is 2.00. The molecule has 0 radical (unpaired) electrons. The van der Waals surface area contributed by atoms with Gasteiger partial charge >= 0.3 is 0 Å². The highest BCUT2D eigenvalue weighted by atomic mass is 35.5. The Balaban J connectivity index is 3.81. The van der Waals surface area contributed by atoms with Gasteiger partial charge in [-0.25, -0.2) is 0 Å². The first-order valence-electron chi connectivity index (χ1n) is 5.41. The smallest absolute Gasteiger partial charge is 0.0474 e. The highest BCUT2D eigenvalue weighted by Gasteiger charge is 2.25. The molecule has 0 aliphatic rings. The second-order valence-electron chi connectivity index (χ2n) is 6.20. The second-order valence-corrected chi connectivity index (χ2v) is 8.33. The van der Waals surface area contributed by atoms with Gasteiger partial charge in [0.1, 0.15) is 0 Å². The van der Waals surface area contributed by atoms with Crippen LogP contribution >= 0.6 is 35.0 Å². The van der Waals surface area contributed by atoms with E-state index in [1.54, 1.807) is 0 Å². The molecular weight excluding hydrogens is 247 g/mol. The Kier molecular flexibility index (Phi) is 6.40. The van der Waals surface area contributed by atoms with E-state index in [1.165, 1.54) is 0 Å². The van der Waals surface area contributed by atoms with Crippen molar-refractivity contribution < 1.29 is 0 Å². The lowest BCUT2D eigenvalue weighted by Gasteiger charge is -2.27. The van der Waals surface area contributed by atoms with E-state index >= 15 is 0 Å². The van der Waals surface area contributed by atoms with Crippen molar-refractivity contribution >= 4 is 35.0 Å². The minimum Gasteiger partial charge on any atom is -0.159 e. The molecule has 0 aliphatic carbocycles. The molecule has 0 N–H and O–H groups in total. The molecule has 0 rings (SSSR count). The number of hydrogen-bond acceptors (Lipinski definition) is 1. The second kappa shape index (κ2) is 6.02. The predicted octanol–water partition coefficient (Wildman–Crippen LogP) is 5.03. The Morgan fingerprint density at radius 2 is 1.07 bits per heavy atom. The molecule has 0 fully saturated rings. The third kappa shape index (κ3) is 6.97. The van der Waals surface area contributed by atoms with Crippen LogP contribution in [0.3, 0.4) is 0 Å². The summed E-state index contributed by atoms with van der Waals surface area (Å²) in [7, 11) is 0. The van der Waals surface area contributed by atoms with Crippen LogP contribution in [-0.4, -0.2) is 22.3 Å². The van der Waals surface area contributed by atoms with Gasteiger partial charge in [0.05, 0.1) is 0 Å². The summed E-state index contributed by atoms with van der Waals surface area (Å²) < 4.78 is 0. The van der Waals surface area contributed by atoms with Gasteiger partial charge in [0, 0.05) is 22.3 Å². The Labute approximate surface area is 109 Å². The monoisotopic (exact) mass is 270 g/mol. The molecule has 0 nitrogen and oxygen atoms in total. The fraction of sp³-hybridized carbons (Fsp3) is 1.00. The molecule has 0 spiro atoms. The van der Waals surface area contributed by atoms with E-state index in [9.17, 15) is 0 Å². The standard InChI is InChI=1S/C12H24Cl2S/c1-11(2,3)9(13)7-15-8-10(14)12(4,5)6/h9-10H,7-8H2,1-6H3. The Bertz CT molecular complexity index is 159. The van der Waals surface area contributed by atoms with E-state index in [0.29, 0.717) is 0 Å². The highest BCUT2D eigenvalue weighted by molar-refractivity contribution is 7.99.